The minimum atomic E-state index is -0.530. The third-order valence-electron chi connectivity index (χ3n) is 6.16. The maximum Gasteiger partial charge on any atom is 0.255 e. The zero-order chi connectivity index (χ0) is 21.5. The van der Waals surface area contributed by atoms with Crippen LogP contribution in [0.5, 0.6) is 5.75 Å². The monoisotopic (exact) mass is 424 g/mol. The molecule has 0 spiro atoms. The van der Waals surface area contributed by atoms with Crippen LogP contribution in [-0.4, -0.2) is 44.7 Å². The molecule has 162 valence electrons. The van der Waals surface area contributed by atoms with Gasteiger partial charge in [-0.15, -0.1) is 0 Å². The van der Waals surface area contributed by atoms with E-state index in [1.807, 2.05) is 0 Å². The highest BCUT2D eigenvalue weighted by atomic mass is 19.1. The van der Waals surface area contributed by atoms with E-state index in [4.69, 9.17) is 4.74 Å². The smallest absolute Gasteiger partial charge is 0.255 e. The lowest BCUT2D eigenvalue weighted by molar-refractivity contribution is 0.0874. The molecule has 1 aromatic carbocycles. The molecule has 2 atom stereocenters. The first-order valence-corrected chi connectivity index (χ1v) is 10.8. The molecular formula is C23H25FN4O3. The van der Waals surface area contributed by atoms with Gasteiger partial charge in [0, 0.05) is 11.3 Å². The third-order valence-corrected chi connectivity index (χ3v) is 6.16. The number of halogens is 1. The lowest BCUT2D eigenvalue weighted by atomic mass is 10.1. The molecule has 0 unspecified atom stereocenters. The molecule has 31 heavy (non-hydrogen) atoms. The Morgan fingerprint density at radius 2 is 2.13 bits per heavy atom. The van der Waals surface area contributed by atoms with Crippen molar-refractivity contribution >= 4 is 16.9 Å². The number of ether oxygens (including phenoxy) is 1. The van der Waals surface area contributed by atoms with Crippen molar-refractivity contribution in [2.75, 3.05) is 6.61 Å². The number of nitrogens with one attached hydrogen (secondary N) is 2. The number of aromatic nitrogens is 3. The second kappa shape index (κ2) is 7.92. The highest BCUT2D eigenvalue weighted by Crippen LogP contribution is 2.36. The van der Waals surface area contributed by atoms with E-state index < -0.39 is 11.9 Å². The first kappa shape index (κ1) is 19.9. The molecule has 2 aliphatic rings. The highest BCUT2D eigenvalue weighted by Gasteiger charge is 2.29. The Balaban J connectivity index is 1.53. The Labute approximate surface area is 179 Å². The van der Waals surface area contributed by atoms with Gasteiger partial charge in [0.25, 0.3) is 5.91 Å². The average Bonchev–Trinajstić information content (AvgIpc) is 3.40. The fourth-order valence-corrected chi connectivity index (χ4v) is 4.26. The summed E-state index contributed by atoms with van der Waals surface area (Å²) in [4.78, 5) is 24.9. The van der Waals surface area contributed by atoms with Crippen LogP contribution in [0.25, 0.3) is 22.3 Å². The van der Waals surface area contributed by atoms with Gasteiger partial charge in [0.1, 0.15) is 29.1 Å². The van der Waals surface area contributed by atoms with Gasteiger partial charge >= 0.3 is 0 Å². The van der Waals surface area contributed by atoms with E-state index in [9.17, 15) is 14.3 Å². The van der Waals surface area contributed by atoms with Gasteiger partial charge in [0.15, 0.2) is 0 Å². The summed E-state index contributed by atoms with van der Waals surface area (Å²) < 4.78 is 20.1. The number of carbonyl (C=O) groups is 1. The Hall–Kier alpha value is -3.00. The number of fused-ring (bicyclic) bond motifs is 1. The van der Waals surface area contributed by atoms with E-state index in [0.29, 0.717) is 58.2 Å². The van der Waals surface area contributed by atoms with Gasteiger partial charge in [-0.05, 0) is 63.1 Å². The molecule has 0 saturated heterocycles. The normalized spacial score (nSPS) is 20.9. The number of benzene rings is 1. The van der Waals surface area contributed by atoms with Crippen LogP contribution >= 0.6 is 0 Å². The van der Waals surface area contributed by atoms with E-state index in [-0.39, 0.29) is 11.9 Å². The molecule has 0 aliphatic heterocycles. The summed E-state index contributed by atoms with van der Waals surface area (Å²) >= 11 is 0. The second-order valence-corrected chi connectivity index (χ2v) is 8.54. The molecule has 5 rings (SSSR count). The van der Waals surface area contributed by atoms with Crippen LogP contribution in [0.4, 0.5) is 4.39 Å². The summed E-state index contributed by atoms with van der Waals surface area (Å²) in [6.45, 7) is 2.38. The van der Waals surface area contributed by atoms with Crippen LogP contribution < -0.4 is 10.1 Å². The molecule has 7 nitrogen and oxygen atoms in total. The van der Waals surface area contributed by atoms with Crippen LogP contribution in [-0.2, 0) is 0 Å². The number of rotatable bonds is 6. The van der Waals surface area contributed by atoms with E-state index in [2.05, 4.69) is 20.3 Å². The fraction of sp³-hybridized carbons (Fsp3) is 0.435. The topological polar surface area (TPSA) is 100 Å². The zero-order valence-electron chi connectivity index (χ0n) is 17.3. The standard InChI is InChI=1S/C23H25FN4O3/c1-12-19(23(30)28-16-3-2-4-17(16)29)21-22(27-12)20(25-11-26-21)15-9-14(24)7-8-18(15)31-10-13-5-6-13/h7-9,11,13,16-17,27,29H,2-6,10H2,1H3,(H,28,30)/t16-,17-/m0/s1. The summed E-state index contributed by atoms with van der Waals surface area (Å²) in [5, 5.41) is 13.0. The molecule has 2 aliphatic carbocycles. The zero-order valence-corrected chi connectivity index (χ0v) is 17.3. The number of hydrogen-bond acceptors (Lipinski definition) is 5. The number of aliphatic hydroxyl groups is 1. The molecule has 8 heteroatoms. The summed E-state index contributed by atoms with van der Waals surface area (Å²) in [5.74, 6) is 0.429. The lowest BCUT2D eigenvalue weighted by Crippen LogP contribution is -2.40. The van der Waals surface area contributed by atoms with Crippen molar-refractivity contribution in [1.82, 2.24) is 20.3 Å². The molecule has 2 fully saturated rings. The number of aryl methyl sites for hydroxylation is 1. The van der Waals surface area contributed by atoms with Crippen molar-refractivity contribution in [3.05, 3.63) is 41.6 Å². The van der Waals surface area contributed by atoms with Crippen LogP contribution in [0, 0.1) is 18.7 Å². The molecule has 2 heterocycles. The van der Waals surface area contributed by atoms with Crippen LogP contribution in [0.1, 0.15) is 48.2 Å². The molecule has 1 amide bonds. The van der Waals surface area contributed by atoms with Crippen LogP contribution in [0.2, 0.25) is 0 Å². The minimum absolute atomic E-state index is 0.260. The van der Waals surface area contributed by atoms with Crippen LogP contribution in [0.15, 0.2) is 24.5 Å². The Bertz CT molecular complexity index is 1140. The first-order chi connectivity index (χ1) is 15.0. The van der Waals surface area contributed by atoms with Gasteiger partial charge in [-0.25, -0.2) is 14.4 Å². The lowest BCUT2D eigenvalue weighted by Gasteiger charge is -2.16. The molecular weight excluding hydrogens is 399 g/mol. The van der Waals surface area contributed by atoms with Crippen LogP contribution in [0.3, 0.4) is 0 Å². The number of aliphatic hydroxyl groups excluding tert-OH is 1. The largest absolute Gasteiger partial charge is 0.493 e. The number of nitrogens with zero attached hydrogens (tertiary/aromatic N) is 2. The van der Waals surface area contributed by atoms with Gasteiger partial charge in [-0.3, -0.25) is 4.79 Å². The van der Waals surface area contributed by atoms with Crippen molar-refractivity contribution in [3.63, 3.8) is 0 Å². The van der Waals surface area contributed by atoms with Gasteiger partial charge in [-0.1, -0.05) is 0 Å². The molecule has 0 radical (unpaired) electrons. The van der Waals surface area contributed by atoms with E-state index in [1.165, 1.54) is 18.5 Å². The molecule has 2 aromatic heterocycles. The van der Waals surface area contributed by atoms with Gasteiger partial charge in [0.2, 0.25) is 0 Å². The Morgan fingerprint density at radius 1 is 1.29 bits per heavy atom. The summed E-state index contributed by atoms with van der Waals surface area (Å²) in [6, 6.07) is 4.13. The molecule has 2 saturated carbocycles. The highest BCUT2D eigenvalue weighted by molar-refractivity contribution is 6.09. The predicted molar refractivity (Wildman–Crippen MR) is 113 cm³/mol. The summed E-state index contributed by atoms with van der Waals surface area (Å²) in [7, 11) is 0. The summed E-state index contributed by atoms with van der Waals surface area (Å²) in [6.07, 6.45) is 5.47. The van der Waals surface area contributed by atoms with Gasteiger partial charge in [0.05, 0.1) is 29.8 Å². The maximum atomic E-state index is 14.1. The predicted octanol–water partition coefficient (Wildman–Crippen LogP) is 3.50. The number of H-pyrrole nitrogens is 1. The van der Waals surface area contributed by atoms with Crippen molar-refractivity contribution in [3.8, 4) is 17.0 Å². The van der Waals surface area contributed by atoms with Crippen molar-refractivity contribution in [1.29, 1.82) is 0 Å². The maximum absolute atomic E-state index is 14.1. The summed E-state index contributed by atoms with van der Waals surface area (Å²) in [5.41, 5.74) is 3.07. The second-order valence-electron chi connectivity index (χ2n) is 8.54. The van der Waals surface area contributed by atoms with Crippen molar-refractivity contribution in [2.24, 2.45) is 5.92 Å². The van der Waals surface area contributed by atoms with E-state index >= 15 is 0 Å². The Morgan fingerprint density at radius 3 is 2.87 bits per heavy atom. The third kappa shape index (κ3) is 3.87. The fourth-order valence-electron chi connectivity index (χ4n) is 4.26. The number of carbonyl (C=O) groups excluding carboxylic acids is 1. The molecule has 0 bridgehead atoms. The molecule has 3 aromatic rings. The van der Waals surface area contributed by atoms with Crippen molar-refractivity contribution < 1.29 is 19.0 Å². The van der Waals surface area contributed by atoms with Crippen molar-refractivity contribution in [2.45, 2.75) is 51.2 Å². The van der Waals surface area contributed by atoms with Gasteiger partial charge < -0.3 is 20.1 Å². The minimum Gasteiger partial charge on any atom is -0.493 e. The first-order valence-electron chi connectivity index (χ1n) is 10.8. The number of aromatic amines is 1. The Kier molecular flexibility index (Phi) is 5.09. The number of amides is 1. The quantitative estimate of drug-likeness (QED) is 0.562. The molecule has 3 N–H and O–H groups in total. The SMILES string of the molecule is Cc1[nH]c2c(-c3cc(F)ccc3OCC3CC3)ncnc2c1C(=O)N[C@H]1CCC[C@@H]1O. The van der Waals surface area contributed by atoms with E-state index in [0.717, 1.165) is 25.7 Å². The average molecular weight is 424 g/mol. The van der Waals surface area contributed by atoms with E-state index in [1.54, 1.807) is 13.0 Å². The number of hydrogen-bond donors (Lipinski definition) is 3. The van der Waals surface area contributed by atoms with Gasteiger partial charge in [-0.2, -0.15) is 0 Å².